The van der Waals surface area contributed by atoms with Crippen molar-refractivity contribution >= 4 is 34.3 Å². The molecule has 0 saturated carbocycles. The Kier molecular flexibility index (Phi) is 4.58. The molecule has 1 fully saturated rings. The minimum Gasteiger partial charge on any atom is -0.368 e. The molecule has 2 aliphatic rings. The lowest BCUT2D eigenvalue weighted by atomic mass is 10.0. The molecule has 162 valence electrons. The molecule has 3 aromatic rings. The van der Waals surface area contributed by atoms with Crippen LogP contribution in [-0.4, -0.2) is 57.5 Å². The Morgan fingerprint density at radius 1 is 1.29 bits per heavy atom. The highest BCUT2D eigenvalue weighted by atomic mass is 16.2. The van der Waals surface area contributed by atoms with E-state index in [2.05, 4.69) is 50.5 Å². The summed E-state index contributed by atoms with van der Waals surface area (Å²) in [6, 6.07) is 3.82. The summed E-state index contributed by atoms with van der Waals surface area (Å²) in [7, 11) is 1.86. The second-order valence-corrected chi connectivity index (χ2v) is 9.03. The molecule has 1 saturated heterocycles. The Balaban J connectivity index is 1.40. The van der Waals surface area contributed by atoms with Crippen molar-refractivity contribution in [1.82, 2.24) is 25.1 Å². The van der Waals surface area contributed by atoms with Crippen LogP contribution in [0.3, 0.4) is 0 Å². The molecule has 5 rings (SSSR count). The summed E-state index contributed by atoms with van der Waals surface area (Å²) >= 11 is 0. The highest BCUT2D eigenvalue weighted by Gasteiger charge is 2.32. The molecule has 0 spiro atoms. The number of piperazine rings is 1. The third-order valence-electron chi connectivity index (χ3n) is 6.05. The van der Waals surface area contributed by atoms with Crippen molar-refractivity contribution in [1.29, 1.82) is 0 Å². The van der Waals surface area contributed by atoms with Gasteiger partial charge in [0, 0.05) is 67.8 Å². The van der Waals surface area contributed by atoms with Crippen molar-refractivity contribution in [2.24, 2.45) is 7.05 Å². The number of urea groups is 1. The van der Waals surface area contributed by atoms with E-state index in [0.717, 1.165) is 48.5 Å². The Labute approximate surface area is 181 Å². The Bertz CT molecular complexity index is 1170. The van der Waals surface area contributed by atoms with E-state index in [4.69, 9.17) is 0 Å². The largest absolute Gasteiger partial charge is 0.368 e. The maximum Gasteiger partial charge on any atom is 0.327 e. The molecule has 9 nitrogen and oxygen atoms in total. The average Bonchev–Trinajstić information content (AvgIpc) is 3.29. The standard InChI is InChI=1S/C22H28N8O/c1-14-17(11-15-12-28(4)27-19(15)25-14)26-21(31)30-9-6-16-18(5-7-23-20(16)30)29-10-8-24-22(2,3)13-29/h5,7,11-12,24H,6,8-10,13H2,1-4H3,(H,26,31). The fraction of sp³-hybridized carbons (Fsp3) is 0.455. The van der Waals surface area contributed by atoms with Gasteiger partial charge >= 0.3 is 6.03 Å². The van der Waals surface area contributed by atoms with E-state index in [-0.39, 0.29) is 11.6 Å². The number of pyridine rings is 2. The van der Waals surface area contributed by atoms with Crippen LogP contribution in [0.15, 0.2) is 24.5 Å². The number of aromatic nitrogens is 4. The fourth-order valence-corrected chi connectivity index (χ4v) is 4.59. The maximum absolute atomic E-state index is 13.2. The van der Waals surface area contributed by atoms with E-state index in [1.54, 1.807) is 9.58 Å². The third kappa shape index (κ3) is 3.59. The van der Waals surface area contributed by atoms with Crippen LogP contribution in [-0.2, 0) is 13.5 Å². The van der Waals surface area contributed by atoms with E-state index in [1.165, 1.54) is 5.69 Å². The smallest absolute Gasteiger partial charge is 0.327 e. The summed E-state index contributed by atoms with van der Waals surface area (Å²) in [6.07, 6.45) is 4.50. The second kappa shape index (κ2) is 7.19. The number of nitrogens with one attached hydrogen (secondary N) is 2. The van der Waals surface area contributed by atoms with Crippen LogP contribution in [0.5, 0.6) is 0 Å². The van der Waals surface area contributed by atoms with Crippen molar-refractivity contribution in [3.05, 3.63) is 35.8 Å². The Morgan fingerprint density at radius 2 is 2.13 bits per heavy atom. The molecule has 0 aromatic carbocycles. The summed E-state index contributed by atoms with van der Waals surface area (Å²) in [6.45, 7) is 9.74. The topological polar surface area (TPSA) is 91.2 Å². The van der Waals surface area contributed by atoms with Crippen LogP contribution in [0, 0.1) is 6.92 Å². The monoisotopic (exact) mass is 420 g/mol. The quantitative estimate of drug-likeness (QED) is 0.662. The number of rotatable bonds is 2. The number of hydrogen-bond donors (Lipinski definition) is 2. The van der Waals surface area contributed by atoms with Crippen molar-refractivity contribution < 1.29 is 4.79 Å². The van der Waals surface area contributed by atoms with E-state index in [1.807, 2.05) is 32.4 Å². The van der Waals surface area contributed by atoms with Gasteiger partial charge in [-0.05, 0) is 39.3 Å². The van der Waals surface area contributed by atoms with Crippen molar-refractivity contribution in [3.63, 3.8) is 0 Å². The molecule has 0 bridgehead atoms. The van der Waals surface area contributed by atoms with Gasteiger partial charge in [-0.2, -0.15) is 5.10 Å². The van der Waals surface area contributed by atoms with Crippen molar-refractivity contribution in [2.75, 3.05) is 41.3 Å². The van der Waals surface area contributed by atoms with Crippen LogP contribution in [0.2, 0.25) is 0 Å². The summed E-state index contributed by atoms with van der Waals surface area (Å²) in [4.78, 5) is 26.4. The summed E-state index contributed by atoms with van der Waals surface area (Å²) in [5.41, 5.74) is 4.49. The molecular weight excluding hydrogens is 392 g/mol. The normalized spacial score (nSPS) is 17.8. The number of nitrogens with zero attached hydrogens (tertiary/aromatic N) is 6. The van der Waals surface area contributed by atoms with Gasteiger partial charge < -0.3 is 15.5 Å². The molecule has 0 unspecified atom stereocenters. The van der Waals surface area contributed by atoms with Gasteiger partial charge in [-0.1, -0.05) is 0 Å². The number of amides is 2. The predicted octanol–water partition coefficient (Wildman–Crippen LogP) is 2.45. The van der Waals surface area contributed by atoms with Gasteiger partial charge in [-0.25, -0.2) is 14.8 Å². The molecule has 3 aromatic heterocycles. The minimum atomic E-state index is -0.183. The summed E-state index contributed by atoms with van der Waals surface area (Å²) in [5.74, 6) is 0.749. The molecule has 5 heterocycles. The zero-order chi connectivity index (χ0) is 21.8. The fourth-order valence-electron chi connectivity index (χ4n) is 4.59. The first-order valence-electron chi connectivity index (χ1n) is 10.7. The molecule has 2 aliphatic heterocycles. The number of carbonyl (C=O) groups excluding carboxylic acids is 1. The van der Waals surface area contributed by atoms with Gasteiger partial charge in [0.1, 0.15) is 5.82 Å². The number of aryl methyl sites for hydroxylation is 2. The Hall–Kier alpha value is -3.20. The highest BCUT2D eigenvalue weighted by molar-refractivity contribution is 6.04. The van der Waals surface area contributed by atoms with Gasteiger partial charge in [0.2, 0.25) is 0 Å². The molecule has 2 amide bonds. The summed E-state index contributed by atoms with van der Waals surface area (Å²) < 4.78 is 1.72. The lowest BCUT2D eigenvalue weighted by Gasteiger charge is -2.41. The molecular formula is C22H28N8O. The minimum absolute atomic E-state index is 0.0551. The number of carbonyl (C=O) groups is 1. The highest BCUT2D eigenvalue weighted by Crippen LogP contribution is 2.35. The number of fused-ring (bicyclic) bond motifs is 2. The zero-order valence-electron chi connectivity index (χ0n) is 18.4. The van der Waals surface area contributed by atoms with Crippen LogP contribution in [0.4, 0.5) is 22.0 Å². The number of hydrogen-bond acceptors (Lipinski definition) is 6. The van der Waals surface area contributed by atoms with Crippen LogP contribution < -0.4 is 20.4 Å². The SMILES string of the molecule is Cc1nc2nn(C)cc2cc1NC(=O)N1CCc2c(N3CCNC(C)(C)C3)ccnc21. The molecule has 31 heavy (non-hydrogen) atoms. The summed E-state index contributed by atoms with van der Waals surface area (Å²) in [5, 5.41) is 11.8. The Morgan fingerprint density at radius 3 is 2.94 bits per heavy atom. The lowest BCUT2D eigenvalue weighted by Crippen LogP contribution is -2.57. The molecule has 0 aliphatic carbocycles. The second-order valence-electron chi connectivity index (χ2n) is 9.03. The van der Waals surface area contributed by atoms with E-state index in [9.17, 15) is 4.79 Å². The van der Waals surface area contributed by atoms with Gasteiger partial charge in [-0.3, -0.25) is 9.58 Å². The number of anilines is 3. The van der Waals surface area contributed by atoms with Gasteiger partial charge in [0.25, 0.3) is 0 Å². The van der Waals surface area contributed by atoms with Crippen LogP contribution >= 0.6 is 0 Å². The first-order valence-corrected chi connectivity index (χ1v) is 10.7. The van der Waals surface area contributed by atoms with Crippen molar-refractivity contribution in [2.45, 2.75) is 32.7 Å². The third-order valence-corrected chi connectivity index (χ3v) is 6.05. The maximum atomic E-state index is 13.2. The van der Waals surface area contributed by atoms with Gasteiger partial charge in [0.15, 0.2) is 5.65 Å². The first-order chi connectivity index (χ1) is 14.8. The average molecular weight is 421 g/mol. The molecule has 9 heteroatoms. The molecule has 2 N–H and O–H groups in total. The molecule has 0 radical (unpaired) electrons. The van der Waals surface area contributed by atoms with Gasteiger partial charge in [0.05, 0.1) is 11.4 Å². The first kappa shape index (κ1) is 19.7. The van der Waals surface area contributed by atoms with Crippen LogP contribution in [0.25, 0.3) is 11.0 Å². The molecule has 0 atom stereocenters. The van der Waals surface area contributed by atoms with E-state index in [0.29, 0.717) is 17.9 Å². The van der Waals surface area contributed by atoms with Crippen LogP contribution in [0.1, 0.15) is 25.1 Å². The lowest BCUT2D eigenvalue weighted by molar-refractivity contribution is 0.257. The van der Waals surface area contributed by atoms with E-state index >= 15 is 0 Å². The zero-order valence-corrected chi connectivity index (χ0v) is 18.4. The van der Waals surface area contributed by atoms with Crippen molar-refractivity contribution in [3.8, 4) is 0 Å². The van der Waals surface area contributed by atoms with E-state index < -0.39 is 0 Å². The predicted molar refractivity (Wildman–Crippen MR) is 122 cm³/mol. The van der Waals surface area contributed by atoms with Gasteiger partial charge in [-0.15, -0.1) is 0 Å².